The zero-order chi connectivity index (χ0) is 13.6. The molecule has 0 saturated carbocycles. The van der Waals surface area contributed by atoms with Crippen molar-refractivity contribution < 1.29 is 9.59 Å². The Hall–Kier alpha value is -1.88. The second-order valence-corrected chi connectivity index (χ2v) is 5.12. The summed E-state index contributed by atoms with van der Waals surface area (Å²) in [4.78, 5) is 27.2. The van der Waals surface area contributed by atoms with Crippen molar-refractivity contribution in [3.8, 4) is 0 Å². The minimum absolute atomic E-state index is 0.203. The van der Waals surface area contributed by atoms with Crippen molar-refractivity contribution in [2.45, 2.75) is 12.5 Å². The molecule has 5 nitrogen and oxygen atoms in total. The Morgan fingerprint density at radius 3 is 2.63 bits per heavy atom. The number of amides is 2. The summed E-state index contributed by atoms with van der Waals surface area (Å²) in [5, 5.41) is 3.27. The predicted octanol–water partition coefficient (Wildman–Crippen LogP) is 0.710. The van der Waals surface area contributed by atoms with E-state index < -0.39 is 0 Å². The zero-order valence-corrected chi connectivity index (χ0v) is 11.1. The highest BCUT2D eigenvalue weighted by atomic mass is 16.2. The zero-order valence-electron chi connectivity index (χ0n) is 11.1. The topological polar surface area (TPSA) is 52.7 Å². The molecule has 1 aromatic rings. The fourth-order valence-electron chi connectivity index (χ4n) is 2.78. The van der Waals surface area contributed by atoms with E-state index in [0.717, 1.165) is 25.2 Å². The first kappa shape index (κ1) is 12.2. The molecule has 1 atom stereocenters. The Balaban J connectivity index is 1.91. The van der Waals surface area contributed by atoms with Crippen LogP contribution in [0.5, 0.6) is 0 Å². The van der Waals surface area contributed by atoms with Gasteiger partial charge in [0.05, 0.1) is 11.1 Å². The second kappa shape index (κ2) is 4.35. The van der Waals surface area contributed by atoms with E-state index in [4.69, 9.17) is 0 Å². The summed E-state index contributed by atoms with van der Waals surface area (Å²) in [5.74, 6) is -0.410. The van der Waals surface area contributed by atoms with E-state index in [1.165, 1.54) is 11.9 Å². The standard InChI is InChI=1S/C14H17N3O2/c1-15-9-5-6-17(8-9)10-3-4-11-12(7-10)14(19)16(2)13(11)18/h3-4,7,9,15H,5-6,8H2,1-2H3. The summed E-state index contributed by atoms with van der Waals surface area (Å²) in [6, 6.07) is 6.03. The normalized spacial score (nSPS) is 22.3. The van der Waals surface area contributed by atoms with E-state index in [9.17, 15) is 9.59 Å². The van der Waals surface area contributed by atoms with Gasteiger partial charge in [0.1, 0.15) is 0 Å². The fraction of sp³-hybridized carbons (Fsp3) is 0.429. The van der Waals surface area contributed by atoms with Gasteiger partial charge < -0.3 is 10.2 Å². The van der Waals surface area contributed by atoms with Crippen LogP contribution < -0.4 is 10.2 Å². The lowest BCUT2D eigenvalue weighted by atomic mass is 10.1. The van der Waals surface area contributed by atoms with Crippen LogP contribution in [-0.4, -0.2) is 49.9 Å². The molecule has 0 aromatic heterocycles. The van der Waals surface area contributed by atoms with Gasteiger partial charge in [0.2, 0.25) is 0 Å². The van der Waals surface area contributed by atoms with Crippen LogP contribution >= 0.6 is 0 Å². The van der Waals surface area contributed by atoms with E-state index in [1.54, 1.807) is 6.07 Å². The number of anilines is 1. The highest BCUT2D eigenvalue weighted by Crippen LogP contribution is 2.28. The van der Waals surface area contributed by atoms with Gasteiger partial charge in [0, 0.05) is 31.9 Å². The van der Waals surface area contributed by atoms with Crippen molar-refractivity contribution in [2.24, 2.45) is 0 Å². The lowest BCUT2D eigenvalue weighted by Crippen LogP contribution is -2.29. The van der Waals surface area contributed by atoms with E-state index in [1.807, 2.05) is 19.2 Å². The molecule has 1 unspecified atom stereocenters. The number of nitrogens with zero attached hydrogens (tertiary/aromatic N) is 2. The molecule has 0 spiro atoms. The van der Waals surface area contributed by atoms with Crippen molar-refractivity contribution in [2.75, 3.05) is 32.1 Å². The quantitative estimate of drug-likeness (QED) is 0.795. The van der Waals surface area contributed by atoms with Crippen LogP contribution in [0, 0.1) is 0 Å². The minimum Gasteiger partial charge on any atom is -0.370 e. The van der Waals surface area contributed by atoms with Gasteiger partial charge >= 0.3 is 0 Å². The number of carbonyl (C=O) groups excluding carboxylic acids is 2. The molecule has 1 N–H and O–H groups in total. The predicted molar refractivity (Wildman–Crippen MR) is 72.5 cm³/mol. The monoisotopic (exact) mass is 259 g/mol. The number of likely N-dealkylation sites (N-methyl/N-ethyl adjacent to an activating group) is 1. The van der Waals surface area contributed by atoms with Gasteiger partial charge in [-0.15, -0.1) is 0 Å². The molecule has 0 bridgehead atoms. The summed E-state index contributed by atoms with van der Waals surface area (Å²) in [5.41, 5.74) is 2.06. The number of hydrogen-bond donors (Lipinski definition) is 1. The number of imide groups is 1. The molecule has 0 radical (unpaired) electrons. The summed E-state index contributed by atoms with van der Waals surface area (Å²) in [6.07, 6.45) is 1.10. The molecule has 0 aliphatic carbocycles. The van der Waals surface area contributed by atoms with Gasteiger partial charge in [0.15, 0.2) is 0 Å². The number of hydrogen-bond acceptors (Lipinski definition) is 4. The number of benzene rings is 1. The van der Waals surface area contributed by atoms with Gasteiger partial charge in [-0.25, -0.2) is 0 Å². The summed E-state index contributed by atoms with van der Waals surface area (Å²) >= 11 is 0. The Bertz CT molecular complexity index is 556. The van der Waals surface area contributed by atoms with E-state index in [0.29, 0.717) is 17.2 Å². The third kappa shape index (κ3) is 1.81. The molecule has 5 heteroatoms. The first-order valence-corrected chi connectivity index (χ1v) is 6.50. The number of nitrogens with one attached hydrogen (secondary N) is 1. The van der Waals surface area contributed by atoms with Gasteiger partial charge in [-0.1, -0.05) is 0 Å². The first-order valence-electron chi connectivity index (χ1n) is 6.50. The number of rotatable bonds is 2. The minimum atomic E-state index is -0.207. The van der Waals surface area contributed by atoms with Gasteiger partial charge in [0.25, 0.3) is 11.8 Å². The molecule has 1 fully saturated rings. The molecular formula is C14H17N3O2. The van der Waals surface area contributed by atoms with Crippen LogP contribution in [0.1, 0.15) is 27.1 Å². The largest absolute Gasteiger partial charge is 0.370 e. The molecule has 2 amide bonds. The molecule has 2 aliphatic rings. The van der Waals surface area contributed by atoms with Crippen molar-refractivity contribution in [1.82, 2.24) is 10.2 Å². The number of fused-ring (bicyclic) bond motifs is 1. The lowest BCUT2D eigenvalue weighted by Gasteiger charge is -2.19. The van der Waals surface area contributed by atoms with E-state index in [-0.39, 0.29) is 11.8 Å². The molecule has 19 heavy (non-hydrogen) atoms. The summed E-state index contributed by atoms with van der Waals surface area (Å²) < 4.78 is 0. The van der Waals surface area contributed by atoms with Crippen molar-refractivity contribution in [1.29, 1.82) is 0 Å². The van der Waals surface area contributed by atoms with Gasteiger partial charge in [-0.05, 0) is 31.7 Å². The van der Waals surface area contributed by atoms with E-state index in [2.05, 4.69) is 10.2 Å². The Labute approximate surface area is 112 Å². The number of carbonyl (C=O) groups is 2. The van der Waals surface area contributed by atoms with Gasteiger partial charge in [-0.2, -0.15) is 0 Å². The first-order chi connectivity index (χ1) is 9.11. The molecule has 3 rings (SSSR count). The van der Waals surface area contributed by atoms with E-state index >= 15 is 0 Å². The highest BCUT2D eigenvalue weighted by molar-refractivity contribution is 6.21. The summed E-state index contributed by atoms with van der Waals surface area (Å²) in [6.45, 7) is 1.91. The molecule has 2 aliphatic heterocycles. The Morgan fingerprint density at radius 1 is 1.21 bits per heavy atom. The van der Waals surface area contributed by atoms with Crippen molar-refractivity contribution in [3.05, 3.63) is 29.3 Å². The maximum atomic E-state index is 12.0. The van der Waals surface area contributed by atoms with Crippen LogP contribution in [0.25, 0.3) is 0 Å². The fourth-order valence-corrected chi connectivity index (χ4v) is 2.78. The van der Waals surface area contributed by atoms with Crippen LogP contribution in [-0.2, 0) is 0 Å². The molecule has 1 saturated heterocycles. The van der Waals surface area contributed by atoms with Crippen LogP contribution in [0.3, 0.4) is 0 Å². The SMILES string of the molecule is CNC1CCN(c2ccc3c(c2)C(=O)N(C)C3=O)C1. The van der Waals surface area contributed by atoms with Crippen LogP contribution in [0.15, 0.2) is 18.2 Å². The molecule has 1 aromatic carbocycles. The Kier molecular flexibility index (Phi) is 2.78. The third-order valence-electron chi connectivity index (χ3n) is 4.03. The lowest BCUT2D eigenvalue weighted by molar-refractivity contribution is 0.0693. The van der Waals surface area contributed by atoms with Crippen molar-refractivity contribution >= 4 is 17.5 Å². The third-order valence-corrected chi connectivity index (χ3v) is 4.03. The average molecular weight is 259 g/mol. The van der Waals surface area contributed by atoms with Crippen LogP contribution in [0.4, 0.5) is 5.69 Å². The maximum absolute atomic E-state index is 12.0. The van der Waals surface area contributed by atoms with Crippen molar-refractivity contribution in [3.63, 3.8) is 0 Å². The molecular weight excluding hydrogens is 242 g/mol. The smallest absolute Gasteiger partial charge is 0.261 e. The molecule has 2 heterocycles. The highest BCUT2D eigenvalue weighted by Gasteiger charge is 2.33. The second-order valence-electron chi connectivity index (χ2n) is 5.12. The summed E-state index contributed by atoms with van der Waals surface area (Å²) in [7, 11) is 3.49. The maximum Gasteiger partial charge on any atom is 0.261 e. The average Bonchev–Trinajstić information content (AvgIpc) is 2.99. The Morgan fingerprint density at radius 2 is 1.95 bits per heavy atom. The van der Waals surface area contributed by atoms with Crippen LogP contribution in [0.2, 0.25) is 0 Å². The molecule has 100 valence electrons. The van der Waals surface area contributed by atoms with Gasteiger partial charge in [-0.3, -0.25) is 14.5 Å².